The molecule has 2 heterocycles. The third-order valence-electron chi connectivity index (χ3n) is 3.77. The Balaban J connectivity index is 1.86. The Morgan fingerprint density at radius 2 is 2.40 bits per heavy atom. The maximum absolute atomic E-state index is 5.86. The lowest BCUT2D eigenvalue weighted by Gasteiger charge is -2.27. The van der Waals surface area contributed by atoms with Crippen LogP contribution < -0.4 is 11.3 Å². The predicted octanol–water partition coefficient (Wildman–Crippen LogP) is 1.74. The smallest absolute Gasteiger partial charge is 0.0624 e. The molecule has 0 spiro atoms. The third kappa shape index (κ3) is 2.41. The first kappa shape index (κ1) is 11.1. The molecule has 3 N–H and O–H groups in total. The molecule has 0 aromatic carbocycles. The van der Waals surface area contributed by atoms with Crippen molar-refractivity contribution in [1.29, 1.82) is 0 Å². The van der Waals surface area contributed by atoms with E-state index in [1.54, 1.807) is 0 Å². The van der Waals surface area contributed by atoms with Gasteiger partial charge in [0, 0.05) is 12.0 Å². The molecule has 2 saturated heterocycles. The number of hydrogen-bond acceptors (Lipinski definition) is 3. The fraction of sp³-hybridized carbons (Fsp3) is 0.833. The first-order valence-electron chi connectivity index (χ1n) is 5.96. The van der Waals surface area contributed by atoms with Crippen LogP contribution in [0.2, 0.25) is 0 Å². The topological polar surface area (TPSA) is 47.3 Å². The minimum Gasteiger partial charge on any atom is -0.375 e. The second-order valence-corrected chi connectivity index (χ2v) is 5.04. The molecule has 86 valence electrons. The van der Waals surface area contributed by atoms with E-state index in [9.17, 15) is 0 Å². The second-order valence-electron chi connectivity index (χ2n) is 5.04. The van der Waals surface area contributed by atoms with Gasteiger partial charge in [0.1, 0.15) is 0 Å². The average molecular weight is 210 g/mol. The van der Waals surface area contributed by atoms with E-state index in [-0.39, 0.29) is 0 Å². The van der Waals surface area contributed by atoms with Gasteiger partial charge in [0.15, 0.2) is 0 Å². The first-order chi connectivity index (χ1) is 7.20. The molecule has 0 aliphatic carbocycles. The number of rotatable bonds is 5. The van der Waals surface area contributed by atoms with Crippen molar-refractivity contribution in [2.45, 2.75) is 57.3 Å². The Morgan fingerprint density at radius 1 is 1.60 bits per heavy atom. The molecule has 0 amide bonds. The first-order valence-corrected chi connectivity index (χ1v) is 5.96. The molecule has 2 aliphatic rings. The summed E-state index contributed by atoms with van der Waals surface area (Å²) in [7, 11) is 0. The third-order valence-corrected chi connectivity index (χ3v) is 3.77. The highest BCUT2D eigenvalue weighted by molar-refractivity contribution is 4.97. The highest BCUT2D eigenvalue weighted by Crippen LogP contribution is 2.41. The van der Waals surface area contributed by atoms with Gasteiger partial charge in [0.25, 0.3) is 0 Å². The number of nitrogens with two attached hydrogens (primary N) is 1. The number of hydrogen-bond donors (Lipinski definition) is 2. The van der Waals surface area contributed by atoms with Crippen molar-refractivity contribution in [3.05, 3.63) is 12.2 Å². The normalized spacial score (nSPS) is 35.7. The van der Waals surface area contributed by atoms with Gasteiger partial charge in [-0.2, -0.15) is 0 Å². The largest absolute Gasteiger partial charge is 0.375 e. The number of fused-ring (bicyclic) bond motifs is 2. The number of hydrazine groups is 1. The van der Waals surface area contributed by atoms with Gasteiger partial charge in [0.2, 0.25) is 0 Å². The van der Waals surface area contributed by atoms with Crippen LogP contribution in [-0.4, -0.2) is 18.2 Å². The summed E-state index contributed by atoms with van der Waals surface area (Å²) in [6.45, 7) is 6.01. The van der Waals surface area contributed by atoms with Crippen LogP contribution in [-0.2, 0) is 4.74 Å². The molecule has 0 radical (unpaired) electrons. The van der Waals surface area contributed by atoms with Crippen LogP contribution in [0.1, 0.15) is 39.0 Å². The number of allylic oxidation sites excluding steroid dienone is 1. The van der Waals surface area contributed by atoms with Crippen LogP contribution in [0, 0.1) is 5.92 Å². The van der Waals surface area contributed by atoms with Crippen molar-refractivity contribution >= 4 is 0 Å². The summed E-state index contributed by atoms with van der Waals surface area (Å²) in [5.41, 5.74) is 4.20. The quantitative estimate of drug-likeness (QED) is 0.413. The van der Waals surface area contributed by atoms with Crippen LogP contribution in [0.15, 0.2) is 12.2 Å². The minimum absolute atomic E-state index is 0.400. The van der Waals surface area contributed by atoms with Crippen LogP contribution in [0.3, 0.4) is 0 Å². The molecule has 0 aromatic heterocycles. The Morgan fingerprint density at radius 3 is 2.87 bits per heavy atom. The molecule has 2 aliphatic heterocycles. The van der Waals surface area contributed by atoms with Crippen molar-refractivity contribution in [2.24, 2.45) is 11.8 Å². The van der Waals surface area contributed by atoms with Crippen LogP contribution in [0.5, 0.6) is 0 Å². The second kappa shape index (κ2) is 4.64. The number of ether oxygens (including phenoxy) is 1. The lowest BCUT2D eigenvalue weighted by atomic mass is 9.82. The maximum atomic E-state index is 5.86. The van der Waals surface area contributed by atoms with Gasteiger partial charge in [-0.15, -0.1) is 6.58 Å². The van der Waals surface area contributed by atoms with E-state index in [1.165, 1.54) is 24.8 Å². The SMILES string of the molecule is C=C(C)CCC(NN)C1CC2CCC1O2. The fourth-order valence-corrected chi connectivity index (χ4v) is 2.92. The van der Waals surface area contributed by atoms with E-state index in [0.29, 0.717) is 24.2 Å². The number of nitrogens with one attached hydrogen (secondary N) is 1. The molecule has 3 heteroatoms. The van der Waals surface area contributed by atoms with Gasteiger partial charge in [-0.3, -0.25) is 11.3 Å². The zero-order valence-corrected chi connectivity index (χ0v) is 9.54. The average Bonchev–Trinajstić information content (AvgIpc) is 2.79. The highest BCUT2D eigenvalue weighted by atomic mass is 16.5. The lowest BCUT2D eigenvalue weighted by molar-refractivity contribution is 0.0850. The Kier molecular flexibility index (Phi) is 3.44. The van der Waals surface area contributed by atoms with Crippen molar-refractivity contribution in [2.75, 3.05) is 0 Å². The lowest BCUT2D eigenvalue weighted by Crippen LogP contribution is -2.44. The predicted molar refractivity (Wildman–Crippen MR) is 61.2 cm³/mol. The summed E-state index contributed by atoms with van der Waals surface area (Å²) < 4.78 is 5.86. The molecule has 0 saturated carbocycles. The van der Waals surface area contributed by atoms with Gasteiger partial charge < -0.3 is 4.74 Å². The minimum atomic E-state index is 0.400. The van der Waals surface area contributed by atoms with Crippen molar-refractivity contribution in [1.82, 2.24) is 5.43 Å². The van der Waals surface area contributed by atoms with E-state index in [2.05, 4.69) is 18.9 Å². The standard InChI is InChI=1S/C12H22N2O/c1-8(2)3-5-11(14-13)10-7-9-4-6-12(10)15-9/h9-12,14H,1,3-7,13H2,2H3. The summed E-state index contributed by atoms with van der Waals surface area (Å²) in [5.74, 6) is 6.25. The summed E-state index contributed by atoms with van der Waals surface area (Å²) in [5, 5.41) is 0. The van der Waals surface area contributed by atoms with Gasteiger partial charge in [-0.1, -0.05) is 5.57 Å². The van der Waals surface area contributed by atoms with Crippen LogP contribution >= 0.6 is 0 Å². The van der Waals surface area contributed by atoms with Crippen molar-refractivity contribution in [3.8, 4) is 0 Å². The van der Waals surface area contributed by atoms with Crippen molar-refractivity contribution in [3.63, 3.8) is 0 Å². The van der Waals surface area contributed by atoms with E-state index < -0.39 is 0 Å². The van der Waals surface area contributed by atoms with Crippen molar-refractivity contribution < 1.29 is 4.74 Å². The molecule has 2 bridgehead atoms. The molecular formula is C12H22N2O. The van der Waals surface area contributed by atoms with Crippen LogP contribution in [0.4, 0.5) is 0 Å². The monoisotopic (exact) mass is 210 g/mol. The zero-order chi connectivity index (χ0) is 10.8. The molecule has 4 atom stereocenters. The van der Waals surface area contributed by atoms with E-state index in [4.69, 9.17) is 10.6 Å². The zero-order valence-electron chi connectivity index (χ0n) is 9.54. The molecule has 15 heavy (non-hydrogen) atoms. The maximum Gasteiger partial charge on any atom is 0.0624 e. The summed E-state index contributed by atoms with van der Waals surface area (Å²) >= 11 is 0. The Labute approximate surface area is 92.0 Å². The molecule has 2 rings (SSSR count). The fourth-order valence-electron chi connectivity index (χ4n) is 2.92. The molecule has 4 unspecified atom stereocenters. The molecular weight excluding hydrogens is 188 g/mol. The molecule has 3 nitrogen and oxygen atoms in total. The Bertz CT molecular complexity index is 242. The van der Waals surface area contributed by atoms with Crippen LogP contribution in [0.25, 0.3) is 0 Å². The van der Waals surface area contributed by atoms with Gasteiger partial charge in [-0.05, 0) is 39.0 Å². The Hall–Kier alpha value is -0.380. The molecule has 2 fully saturated rings. The van der Waals surface area contributed by atoms with Gasteiger partial charge in [-0.25, -0.2) is 0 Å². The van der Waals surface area contributed by atoms with Gasteiger partial charge in [0.05, 0.1) is 12.2 Å². The highest BCUT2D eigenvalue weighted by Gasteiger charge is 2.43. The van der Waals surface area contributed by atoms with E-state index >= 15 is 0 Å². The summed E-state index contributed by atoms with van der Waals surface area (Å²) in [6.07, 6.45) is 6.78. The van der Waals surface area contributed by atoms with E-state index in [1.807, 2.05) is 0 Å². The summed E-state index contributed by atoms with van der Waals surface area (Å²) in [6, 6.07) is 0.400. The molecule has 0 aromatic rings. The van der Waals surface area contributed by atoms with Gasteiger partial charge >= 0.3 is 0 Å². The van der Waals surface area contributed by atoms with E-state index in [0.717, 1.165) is 12.8 Å². The summed E-state index contributed by atoms with van der Waals surface area (Å²) in [4.78, 5) is 0.